The van der Waals surface area contributed by atoms with E-state index in [-0.39, 0.29) is 23.7 Å². The summed E-state index contributed by atoms with van der Waals surface area (Å²) in [6.07, 6.45) is -15.7. The van der Waals surface area contributed by atoms with Crippen LogP contribution in [0.5, 0.6) is 0 Å². The van der Waals surface area contributed by atoms with Crippen molar-refractivity contribution in [2.75, 3.05) is 11.4 Å². The zero-order valence-electron chi connectivity index (χ0n) is 23.3. The van der Waals surface area contributed by atoms with Gasteiger partial charge in [-0.25, -0.2) is 4.79 Å². The van der Waals surface area contributed by atoms with Crippen LogP contribution in [0.25, 0.3) is 0 Å². The van der Waals surface area contributed by atoms with Crippen LogP contribution in [0, 0.1) is 0 Å². The number of amides is 2. The maximum absolute atomic E-state index is 13.6. The van der Waals surface area contributed by atoms with Crippen molar-refractivity contribution in [1.82, 2.24) is 4.90 Å². The van der Waals surface area contributed by atoms with Crippen LogP contribution in [0.3, 0.4) is 0 Å². The van der Waals surface area contributed by atoms with Gasteiger partial charge in [-0.3, -0.25) is 9.69 Å². The van der Waals surface area contributed by atoms with Gasteiger partial charge in [0.25, 0.3) is 0 Å². The Balaban J connectivity index is 2.10. The van der Waals surface area contributed by atoms with Gasteiger partial charge >= 0.3 is 24.6 Å². The molecule has 232 valence electrons. The fourth-order valence-electron chi connectivity index (χ4n) is 4.92. The van der Waals surface area contributed by atoms with Crippen LogP contribution in [-0.4, -0.2) is 35.1 Å². The summed E-state index contributed by atoms with van der Waals surface area (Å²) in [5, 5.41) is 0. The Kier molecular flexibility index (Phi) is 8.91. The maximum atomic E-state index is 13.6. The topological polar surface area (TPSA) is 49.9 Å². The molecule has 1 aliphatic heterocycles. The fourth-order valence-corrected chi connectivity index (χ4v) is 4.92. The summed E-state index contributed by atoms with van der Waals surface area (Å²) in [5.41, 5.74) is -5.49. The van der Waals surface area contributed by atoms with Crippen molar-refractivity contribution in [3.63, 3.8) is 0 Å². The second-order valence-corrected chi connectivity index (χ2v) is 11.0. The quantitative estimate of drug-likeness (QED) is 0.319. The molecule has 0 aromatic heterocycles. The molecule has 2 amide bonds. The van der Waals surface area contributed by atoms with Gasteiger partial charge in [0.2, 0.25) is 5.91 Å². The molecule has 0 saturated carbocycles. The summed E-state index contributed by atoms with van der Waals surface area (Å²) in [6.45, 7) is 6.35. The first-order valence-corrected chi connectivity index (χ1v) is 12.8. The molecule has 0 N–H and O–H groups in total. The molecule has 3 rings (SSSR count). The average molecular weight is 613 g/mol. The molecule has 2 aromatic carbocycles. The van der Waals surface area contributed by atoms with E-state index in [1.807, 2.05) is 0 Å². The third kappa shape index (κ3) is 7.49. The minimum Gasteiger partial charge on any atom is -0.443 e. The number of fused-ring (bicyclic) bond motifs is 1. The Morgan fingerprint density at radius 2 is 1.36 bits per heavy atom. The van der Waals surface area contributed by atoms with Crippen LogP contribution in [-0.2, 0) is 34.6 Å². The van der Waals surface area contributed by atoms with Crippen molar-refractivity contribution in [1.29, 1.82) is 0 Å². The summed E-state index contributed by atoms with van der Waals surface area (Å²) in [4.78, 5) is 27.9. The number of ether oxygens (including phenoxy) is 1. The molecule has 0 spiro atoms. The largest absolute Gasteiger partial charge is 0.443 e. The Morgan fingerprint density at radius 1 is 0.833 bits per heavy atom. The predicted octanol–water partition coefficient (Wildman–Crippen LogP) is 8.41. The number of rotatable bonds is 5. The van der Waals surface area contributed by atoms with Crippen LogP contribution in [0.2, 0.25) is 0 Å². The van der Waals surface area contributed by atoms with E-state index in [9.17, 15) is 49.1 Å². The third-order valence-electron chi connectivity index (χ3n) is 6.70. The molecule has 0 saturated heterocycles. The van der Waals surface area contributed by atoms with E-state index in [1.54, 1.807) is 27.7 Å². The first-order chi connectivity index (χ1) is 19.0. The Labute approximate surface area is 236 Å². The minimum absolute atomic E-state index is 0.0359. The average Bonchev–Trinajstić information content (AvgIpc) is 3.13. The summed E-state index contributed by atoms with van der Waals surface area (Å²) >= 11 is 0. The molecular weight excluding hydrogens is 583 g/mol. The lowest BCUT2D eigenvalue weighted by Gasteiger charge is -2.32. The van der Waals surface area contributed by atoms with Crippen molar-refractivity contribution in [3.8, 4) is 0 Å². The summed E-state index contributed by atoms with van der Waals surface area (Å²) < 4.78 is 127. The standard InChI is InChI=1S/C28H29F9N2O3/c1-6-22-21(20-12-17(26(29,30)31)7-8-23(20)39(22)24(41)42-25(3,4)5)14-38(15(2)40)13-16-9-18(27(32,33)34)11-19(10-16)28(35,36)37/h7-12,21-22H,6,13-14H2,1-5H3/t21-,22+/m0/s1. The molecule has 0 fully saturated rings. The Hall–Kier alpha value is -3.45. The highest BCUT2D eigenvalue weighted by Gasteiger charge is 2.45. The zero-order valence-corrected chi connectivity index (χ0v) is 23.3. The van der Waals surface area contributed by atoms with E-state index < -0.39 is 83.4 Å². The van der Waals surface area contributed by atoms with Gasteiger partial charge < -0.3 is 9.64 Å². The molecule has 5 nitrogen and oxygen atoms in total. The summed E-state index contributed by atoms with van der Waals surface area (Å²) in [6, 6.07) is 2.81. The second kappa shape index (κ2) is 11.3. The molecule has 2 atom stereocenters. The molecule has 0 radical (unpaired) electrons. The second-order valence-electron chi connectivity index (χ2n) is 11.0. The van der Waals surface area contributed by atoms with Gasteiger partial charge in [-0.2, -0.15) is 39.5 Å². The normalized spacial score (nSPS) is 17.7. The predicted molar refractivity (Wildman–Crippen MR) is 135 cm³/mol. The number of carbonyl (C=O) groups excluding carboxylic acids is 2. The molecule has 0 unspecified atom stereocenters. The number of anilines is 1. The van der Waals surface area contributed by atoms with Crippen molar-refractivity contribution in [2.45, 2.75) is 83.7 Å². The highest BCUT2D eigenvalue weighted by atomic mass is 19.4. The maximum Gasteiger partial charge on any atom is 0.416 e. The number of carbonyl (C=O) groups is 2. The van der Waals surface area contributed by atoms with E-state index in [4.69, 9.17) is 4.74 Å². The van der Waals surface area contributed by atoms with Crippen LogP contribution >= 0.6 is 0 Å². The van der Waals surface area contributed by atoms with E-state index in [2.05, 4.69) is 0 Å². The molecule has 1 heterocycles. The first kappa shape index (κ1) is 33.1. The Morgan fingerprint density at radius 3 is 1.79 bits per heavy atom. The summed E-state index contributed by atoms with van der Waals surface area (Å²) in [7, 11) is 0. The monoisotopic (exact) mass is 612 g/mol. The third-order valence-corrected chi connectivity index (χ3v) is 6.70. The minimum atomic E-state index is -5.11. The van der Waals surface area contributed by atoms with Gasteiger partial charge in [-0.1, -0.05) is 6.92 Å². The molecule has 1 aliphatic rings. The number of hydrogen-bond acceptors (Lipinski definition) is 3. The van der Waals surface area contributed by atoms with Crippen molar-refractivity contribution in [3.05, 3.63) is 64.2 Å². The van der Waals surface area contributed by atoms with Crippen molar-refractivity contribution in [2.24, 2.45) is 0 Å². The lowest BCUT2D eigenvalue weighted by Crippen LogP contribution is -2.44. The molecule has 2 aromatic rings. The van der Waals surface area contributed by atoms with E-state index in [0.717, 1.165) is 30.0 Å². The van der Waals surface area contributed by atoms with Crippen molar-refractivity contribution < 1.29 is 53.8 Å². The number of hydrogen-bond donors (Lipinski definition) is 0. The van der Waals surface area contributed by atoms with Gasteiger partial charge in [0.1, 0.15) is 5.60 Å². The SMILES string of the molecule is CC[C@@H]1[C@@H](CN(Cc2cc(C(F)(F)F)cc(C(F)(F)F)c2)C(C)=O)c2cc(C(F)(F)F)ccc2N1C(=O)OC(C)(C)C. The van der Waals surface area contributed by atoms with E-state index in [1.165, 1.54) is 4.90 Å². The van der Waals surface area contributed by atoms with Gasteiger partial charge in [0.15, 0.2) is 0 Å². The first-order valence-electron chi connectivity index (χ1n) is 12.8. The fraction of sp³-hybridized carbons (Fsp3) is 0.500. The van der Waals surface area contributed by atoms with Gasteiger partial charge in [0.05, 0.1) is 22.4 Å². The lowest BCUT2D eigenvalue weighted by atomic mass is 9.91. The van der Waals surface area contributed by atoms with E-state index >= 15 is 0 Å². The molecule has 0 bridgehead atoms. The highest BCUT2D eigenvalue weighted by Crippen LogP contribution is 2.46. The lowest BCUT2D eigenvalue weighted by molar-refractivity contribution is -0.143. The van der Waals surface area contributed by atoms with Crippen LogP contribution in [0.1, 0.15) is 74.8 Å². The molecule has 14 heteroatoms. The van der Waals surface area contributed by atoms with E-state index in [0.29, 0.717) is 12.1 Å². The molecule has 42 heavy (non-hydrogen) atoms. The van der Waals surface area contributed by atoms with Crippen LogP contribution < -0.4 is 4.90 Å². The van der Waals surface area contributed by atoms with Gasteiger partial charge in [-0.15, -0.1) is 0 Å². The number of benzene rings is 2. The highest BCUT2D eigenvalue weighted by molar-refractivity contribution is 5.92. The smallest absolute Gasteiger partial charge is 0.416 e. The zero-order chi connectivity index (χ0) is 32.0. The van der Waals surface area contributed by atoms with Crippen LogP contribution in [0.4, 0.5) is 50.0 Å². The van der Waals surface area contributed by atoms with Gasteiger partial charge in [0, 0.05) is 32.0 Å². The van der Waals surface area contributed by atoms with Crippen LogP contribution in [0.15, 0.2) is 36.4 Å². The number of halogens is 9. The van der Waals surface area contributed by atoms with Gasteiger partial charge in [-0.05, 0) is 74.7 Å². The molecular formula is C28H29F9N2O3. The number of alkyl halides is 9. The molecule has 0 aliphatic carbocycles. The van der Waals surface area contributed by atoms with Crippen molar-refractivity contribution >= 4 is 17.7 Å². The Bertz CT molecular complexity index is 1300. The number of nitrogens with zero attached hydrogens (tertiary/aromatic N) is 2. The summed E-state index contributed by atoms with van der Waals surface area (Å²) in [5.74, 6) is -1.73.